The smallest absolute Gasteiger partial charge is 0.338 e. The van der Waals surface area contributed by atoms with Gasteiger partial charge in [-0.2, -0.15) is 5.01 Å². The second-order valence-electron chi connectivity index (χ2n) is 7.61. The molecule has 1 aromatic carbocycles. The Morgan fingerprint density at radius 2 is 2.12 bits per heavy atom. The predicted octanol–water partition coefficient (Wildman–Crippen LogP) is 1.12. The number of likely N-dealkylation sites (N-methyl/N-ethyl adjacent to an activating group) is 1. The number of anilines is 1. The summed E-state index contributed by atoms with van der Waals surface area (Å²) in [6, 6.07) is 7.23. The van der Waals surface area contributed by atoms with Gasteiger partial charge in [-0.1, -0.05) is 12.1 Å². The number of methoxy groups -OCH3 is 1. The van der Waals surface area contributed by atoms with Crippen molar-refractivity contribution in [3.8, 4) is 5.75 Å². The van der Waals surface area contributed by atoms with E-state index >= 15 is 0 Å². The van der Waals surface area contributed by atoms with Crippen LogP contribution >= 0.6 is 0 Å². The average Bonchev–Trinajstić information content (AvgIpc) is 3.34. The van der Waals surface area contributed by atoms with E-state index in [-0.39, 0.29) is 18.5 Å². The number of carbonyl (C=O) groups is 2. The van der Waals surface area contributed by atoms with Gasteiger partial charge in [0.1, 0.15) is 29.3 Å². The number of likely N-dealkylation sites (tertiary alicyclic amines) is 1. The largest absolute Gasteiger partial charge is 0.492 e. The maximum absolute atomic E-state index is 12.7. The second-order valence-corrected chi connectivity index (χ2v) is 7.61. The van der Waals surface area contributed by atoms with E-state index in [1.54, 1.807) is 24.0 Å². The van der Waals surface area contributed by atoms with Crippen molar-refractivity contribution in [1.82, 2.24) is 20.2 Å². The van der Waals surface area contributed by atoms with E-state index in [4.69, 9.17) is 9.47 Å². The predicted molar refractivity (Wildman–Crippen MR) is 119 cm³/mol. The van der Waals surface area contributed by atoms with Crippen LogP contribution < -0.4 is 15.4 Å². The molecule has 0 spiro atoms. The molecule has 1 saturated heterocycles. The summed E-state index contributed by atoms with van der Waals surface area (Å²) in [6.07, 6.45) is 2.50. The molecule has 1 aromatic rings. The first-order valence-corrected chi connectivity index (χ1v) is 10.6. The summed E-state index contributed by atoms with van der Waals surface area (Å²) < 4.78 is 10.7. The van der Waals surface area contributed by atoms with E-state index < -0.39 is 5.97 Å². The third kappa shape index (κ3) is 3.77. The van der Waals surface area contributed by atoms with Gasteiger partial charge in [-0.05, 0) is 25.5 Å². The number of amidine groups is 1. The topological polar surface area (TPSA) is 98.7 Å². The van der Waals surface area contributed by atoms with E-state index in [1.807, 2.05) is 42.3 Å². The quantitative estimate of drug-likeness (QED) is 0.635. The minimum Gasteiger partial charge on any atom is -0.492 e. The molecule has 1 atom stereocenters. The number of hydrogen-bond donors (Lipinski definition) is 2. The van der Waals surface area contributed by atoms with Crippen molar-refractivity contribution in [2.45, 2.75) is 19.4 Å². The molecular weight excluding hydrogens is 412 g/mol. The van der Waals surface area contributed by atoms with Crippen molar-refractivity contribution in [3.05, 3.63) is 47.6 Å². The minimum atomic E-state index is -0.453. The first kappa shape index (κ1) is 21.7. The maximum Gasteiger partial charge on any atom is 0.338 e. The van der Waals surface area contributed by atoms with Gasteiger partial charge in [0.05, 0.1) is 31.5 Å². The van der Waals surface area contributed by atoms with Gasteiger partial charge in [-0.3, -0.25) is 9.79 Å². The number of nitrogens with zero attached hydrogens (tertiary/aromatic N) is 4. The Balaban J connectivity index is 1.70. The van der Waals surface area contributed by atoms with E-state index in [9.17, 15) is 9.59 Å². The number of esters is 1. The van der Waals surface area contributed by atoms with Crippen LogP contribution in [-0.4, -0.2) is 79.6 Å². The maximum atomic E-state index is 12.7. The van der Waals surface area contributed by atoms with Gasteiger partial charge in [-0.25, -0.2) is 9.80 Å². The number of rotatable bonds is 6. The zero-order valence-electron chi connectivity index (χ0n) is 18.7. The second kappa shape index (κ2) is 8.91. The highest BCUT2D eigenvalue weighted by atomic mass is 16.5. The lowest BCUT2D eigenvalue weighted by Gasteiger charge is -2.37. The lowest BCUT2D eigenvalue weighted by molar-refractivity contribution is -0.137. The molecule has 10 nitrogen and oxygen atoms in total. The van der Waals surface area contributed by atoms with Crippen LogP contribution in [0.25, 0.3) is 0 Å². The zero-order valence-corrected chi connectivity index (χ0v) is 18.7. The molecule has 0 unspecified atom stereocenters. The van der Waals surface area contributed by atoms with Gasteiger partial charge in [0.25, 0.3) is 0 Å². The SMILES string of the molecule is CCOc1ccccc1NC1=CC(=NC)N2C(=C(C(=O)OC)CN2[C@@H]2CCN(C)C2=O)N1. The molecule has 2 N–H and O–H groups in total. The van der Waals surface area contributed by atoms with Crippen molar-refractivity contribution in [1.29, 1.82) is 0 Å². The standard InChI is InChI=1S/C22H28N6O4/c1-5-32-17-9-7-6-8-15(17)24-18-12-19(23-2)28-20(25-18)14(22(30)31-4)13-27(28)16-10-11-26(3)21(16)29/h6-9,12,16,24-25H,5,10-11,13H2,1-4H3/t16-/m1/s1. The third-order valence-electron chi connectivity index (χ3n) is 5.69. The Morgan fingerprint density at radius 1 is 1.34 bits per heavy atom. The molecule has 3 aliphatic rings. The Morgan fingerprint density at radius 3 is 2.78 bits per heavy atom. The number of carbonyl (C=O) groups excluding carboxylic acids is 2. The van der Waals surface area contributed by atoms with Gasteiger partial charge in [0, 0.05) is 26.7 Å². The first-order chi connectivity index (χ1) is 15.5. The molecule has 3 heterocycles. The lowest BCUT2D eigenvalue weighted by atomic mass is 10.2. The minimum absolute atomic E-state index is 0.0180. The monoisotopic (exact) mass is 440 g/mol. The van der Waals surface area contributed by atoms with E-state index in [1.165, 1.54) is 7.11 Å². The van der Waals surface area contributed by atoms with Crippen LogP contribution in [0.2, 0.25) is 0 Å². The Hall–Kier alpha value is -3.53. The number of aliphatic imine (C=N–C) groups is 1. The van der Waals surface area contributed by atoms with E-state index in [2.05, 4.69) is 15.6 Å². The van der Waals surface area contributed by atoms with Crippen molar-refractivity contribution in [2.24, 2.45) is 4.99 Å². The van der Waals surface area contributed by atoms with Crippen LogP contribution in [-0.2, 0) is 14.3 Å². The van der Waals surface area contributed by atoms with Crippen LogP contribution in [0.15, 0.2) is 52.5 Å². The fourth-order valence-electron chi connectivity index (χ4n) is 4.13. The van der Waals surface area contributed by atoms with E-state index in [0.29, 0.717) is 48.4 Å². The van der Waals surface area contributed by atoms with Gasteiger partial charge in [0.15, 0.2) is 0 Å². The highest BCUT2D eigenvalue weighted by molar-refractivity contribution is 6.00. The molecule has 1 fully saturated rings. The van der Waals surface area contributed by atoms with Crippen molar-refractivity contribution in [2.75, 3.05) is 46.2 Å². The van der Waals surface area contributed by atoms with Crippen LogP contribution in [0.4, 0.5) is 5.69 Å². The number of hydrazine groups is 1. The molecule has 0 aromatic heterocycles. The highest BCUT2D eigenvalue weighted by Crippen LogP contribution is 2.33. The molecule has 0 bridgehead atoms. The number of fused-ring (bicyclic) bond motifs is 1. The summed E-state index contributed by atoms with van der Waals surface area (Å²) >= 11 is 0. The van der Waals surface area contributed by atoms with Crippen LogP contribution in [0.1, 0.15) is 13.3 Å². The summed E-state index contributed by atoms with van der Waals surface area (Å²) in [5, 5.41) is 10.3. The fourth-order valence-corrected chi connectivity index (χ4v) is 4.13. The van der Waals surface area contributed by atoms with Gasteiger partial charge in [0.2, 0.25) is 5.91 Å². The van der Waals surface area contributed by atoms with Crippen molar-refractivity contribution < 1.29 is 19.1 Å². The number of nitrogens with one attached hydrogen (secondary N) is 2. The summed E-state index contributed by atoms with van der Waals surface area (Å²) in [4.78, 5) is 31.5. The molecule has 1 amide bonds. The molecule has 0 aliphatic carbocycles. The molecule has 10 heteroatoms. The van der Waals surface area contributed by atoms with Gasteiger partial charge >= 0.3 is 5.97 Å². The molecule has 170 valence electrons. The van der Waals surface area contributed by atoms with Gasteiger partial charge in [-0.15, -0.1) is 0 Å². The van der Waals surface area contributed by atoms with E-state index in [0.717, 1.165) is 5.69 Å². The van der Waals surface area contributed by atoms with Crippen LogP contribution in [0.3, 0.4) is 0 Å². The number of benzene rings is 1. The molecule has 0 radical (unpaired) electrons. The molecule has 0 saturated carbocycles. The highest BCUT2D eigenvalue weighted by Gasteiger charge is 2.46. The van der Waals surface area contributed by atoms with Gasteiger partial charge < -0.3 is 25.0 Å². The number of para-hydroxylation sites is 2. The Bertz CT molecular complexity index is 1020. The normalized spacial score (nSPS) is 22.1. The summed E-state index contributed by atoms with van der Waals surface area (Å²) in [5.74, 6) is 2.02. The summed E-state index contributed by atoms with van der Waals surface area (Å²) in [6.45, 7) is 3.38. The van der Waals surface area contributed by atoms with Crippen LogP contribution in [0, 0.1) is 0 Å². The fraction of sp³-hybridized carbons (Fsp3) is 0.409. The Labute approximate surface area is 187 Å². The summed E-state index contributed by atoms with van der Waals surface area (Å²) in [5.41, 5.74) is 1.21. The first-order valence-electron chi connectivity index (χ1n) is 10.6. The number of hydrogen-bond acceptors (Lipinski definition) is 8. The Kier molecular flexibility index (Phi) is 6.04. The molecule has 4 rings (SSSR count). The van der Waals surface area contributed by atoms with Crippen molar-refractivity contribution >= 4 is 23.4 Å². The zero-order chi connectivity index (χ0) is 22.8. The number of ether oxygens (including phenoxy) is 2. The van der Waals surface area contributed by atoms with Crippen LogP contribution in [0.5, 0.6) is 5.75 Å². The molecule has 32 heavy (non-hydrogen) atoms. The molecule has 3 aliphatic heterocycles. The lowest BCUT2D eigenvalue weighted by Crippen LogP contribution is -2.53. The number of amides is 1. The van der Waals surface area contributed by atoms with Crippen molar-refractivity contribution in [3.63, 3.8) is 0 Å². The summed E-state index contributed by atoms with van der Waals surface area (Å²) in [7, 11) is 4.81. The average molecular weight is 441 g/mol. The third-order valence-corrected chi connectivity index (χ3v) is 5.69. The molecular formula is C22H28N6O4.